The van der Waals surface area contributed by atoms with E-state index in [1.165, 1.54) is 0 Å². The van der Waals surface area contributed by atoms with Crippen molar-refractivity contribution in [3.05, 3.63) is 33.5 Å². The highest BCUT2D eigenvalue weighted by Crippen LogP contribution is 2.35. The first kappa shape index (κ1) is 14.4. The lowest BCUT2D eigenvalue weighted by molar-refractivity contribution is 0.412. The molecule has 4 nitrogen and oxygen atoms in total. The van der Waals surface area contributed by atoms with E-state index in [9.17, 15) is 0 Å². The third-order valence-electron chi connectivity index (χ3n) is 2.71. The number of aromatic nitrogens is 2. The Morgan fingerprint density at radius 2 is 2.00 bits per heavy atom. The van der Waals surface area contributed by atoms with Gasteiger partial charge in [0, 0.05) is 29.0 Å². The molecule has 0 aliphatic carbocycles. The summed E-state index contributed by atoms with van der Waals surface area (Å²) in [6.07, 6.45) is 3.74. The van der Waals surface area contributed by atoms with Gasteiger partial charge in [-0.2, -0.15) is 0 Å². The van der Waals surface area contributed by atoms with E-state index in [1.807, 2.05) is 18.3 Å². The van der Waals surface area contributed by atoms with Gasteiger partial charge in [-0.3, -0.25) is 0 Å². The second-order valence-corrected chi connectivity index (χ2v) is 6.05. The number of anilines is 2. The van der Waals surface area contributed by atoms with E-state index in [0.717, 1.165) is 26.3 Å². The molecule has 2 rings (SSSR count). The highest BCUT2D eigenvalue weighted by Gasteiger charge is 2.11. The Hall–Kier alpha value is -1.01. The van der Waals surface area contributed by atoms with Crippen molar-refractivity contribution in [3.8, 4) is 5.75 Å². The molecule has 0 unspecified atom stereocenters. The molecule has 0 amide bonds. The third kappa shape index (κ3) is 3.12. The van der Waals surface area contributed by atoms with Crippen LogP contribution in [0.1, 0.15) is 19.9 Å². The second-order valence-electron chi connectivity index (χ2n) is 4.34. The van der Waals surface area contributed by atoms with Crippen LogP contribution >= 0.6 is 31.9 Å². The van der Waals surface area contributed by atoms with Crippen LogP contribution in [-0.4, -0.2) is 16.7 Å². The van der Waals surface area contributed by atoms with Crippen molar-refractivity contribution in [3.63, 3.8) is 0 Å². The standard InChI is InChI=1S/C13H15Br2N3O/c1-8(2)18-5-4-16-13(18)17-11-7-12(19-3)10(15)6-9(11)14/h4-8H,1-3H3,(H,16,17). The quantitative estimate of drug-likeness (QED) is 0.821. The van der Waals surface area contributed by atoms with Crippen LogP contribution in [0.25, 0.3) is 0 Å². The summed E-state index contributed by atoms with van der Waals surface area (Å²) < 4.78 is 9.22. The minimum atomic E-state index is 0.348. The van der Waals surface area contributed by atoms with Crippen molar-refractivity contribution in [1.29, 1.82) is 0 Å². The molecule has 1 N–H and O–H groups in total. The lowest BCUT2D eigenvalue weighted by Gasteiger charge is -2.15. The molecular formula is C13H15Br2N3O. The maximum absolute atomic E-state index is 5.30. The first-order chi connectivity index (χ1) is 9.02. The zero-order chi connectivity index (χ0) is 14.0. The third-order valence-corrected chi connectivity index (χ3v) is 3.99. The first-order valence-corrected chi connectivity index (χ1v) is 7.44. The molecule has 0 spiro atoms. The van der Waals surface area contributed by atoms with Crippen LogP contribution in [0.3, 0.4) is 0 Å². The maximum Gasteiger partial charge on any atom is 0.207 e. The number of rotatable bonds is 4. The Morgan fingerprint density at radius 1 is 1.26 bits per heavy atom. The summed E-state index contributed by atoms with van der Waals surface area (Å²) in [7, 11) is 1.65. The Labute approximate surface area is 129 Å². The van der Waals surface area contributed by atoms with E-state index in [1.54, 1.807) is 13.3 Å². The lowest BCUT2D eigenvalue weighted by atomic mass is 10.3. The van der Waals surface area contributed by atoms with Crippen LogP contribution in [0.15, 0.2) is 33.5 Å². The number of nitrogens with zero attached hydrogens (tertiary/aromatic N) is 2. The van der Waals surface area contributed by atoms with E-state index in [2.05, 4.69) is 60.6 Å². The summed E-state index contributed by atoms with van der Waals surface area (Å²) in [6, 6.07) is 4.22. The fourth-order valence-corrected chi connectivity index (χ4v) is 2.98. The molecule has 0 bridgehead atoms. The summed E-state index contributed by atoms with van der Waals surface area (Å²) in [5.74, 6) is 1.58. The molecule has 2 aromatic rings. The van der Waals surface area contributed by atoms with Crippen LogP contribution in [0.5, 0.6) is 5.75 Å². The summed E-state index contributed by atoms with van der Waals surface area (Å²) in [6.45, 7) is 4.23. The van der Waals surface area contributed by atoms with E-state index < -0.39 is 0 Å². The van der Waals surface area contributed by atoms with E-state index in [-0.39, 0.29) is 0 Å². The van der Waals surface area contributed by atoms with Crippen molar-refractivity contribution in [1.82, 2.24) is 9.55 Å². The highest BCUT2D eigenvalue weighted by molar-refractivity contribution is 9.11. The predicted molar refractivity (Wildman–Crippen MR) is 84.3 cm³/mol. The Kier molecular flexibility index (Phi) is 4.52. The molecule has 19 heavy (non-hydrogen) atoms. The molecule has 102 valence electrons. The van der Waals surface area contributed by atoms with Crippen LogP contribution in [-0.2, 0) is 0 Å². The fraction of sp³-hybridized carbons (Fsp3) is 0.308. The van der Waals surface area contributed by atoms with E-state index in [4.69, 9.17) is 4.74 Å². The number of benzene rings is 1. The summed E-state index contributed by atoms with van der Waals surface area (Å²) >= 11 is 6.99. The highest BCUT2D eigenvalue weighted by atomic mass is 79.9. The zero-order valence-corrected chi connectivity index (χ0v) is 14.1. The largest absolute Gasteiger partial charge is 0.495 e. The average molecular weight is 389 g/mol. The number of imidazole rings is 1. The van der Waals surface area contributed by atoms with Gasteiger partial charge in [0.1, 0.15) is 5.75 Å². The van der Waals surface area contributed by atoms with Gasteiger partial charge in [0.15, 0.2) is 0 Å². The number of hydrogen-bond acceptors (Lipinski definition) is 3. The van der Waals surface area contributed by atoms with Crippen LogP contribution in [0.4, 0.5) is 11.6 Å². The minimum Gasteiger partial charge on any atom is -0.495 e. The number of halogens is 2. The predicted octanol–water partition coefficient (Wildman–Crippen LogP) is 4.74. The molecule has 0 atom stereocenters. The Morgan fingerprint density at radius 3 is 2.63 bits per heavy atom. The van der Waals surface area contributed by atoms with Crippen molar-refractivity contribution in [2.45, 2.75) is 19.9 Å². The minimum absolute atomic E-state index is 0.348. The van der Waals surface area contributed by atoms with Crippen molar-refractivity contribution >= 4 is 43.5 Å². The zero-order valence-electron chi connectivity index (χ0n) is 10.9. The molecule has 0 saturated carbocycles. The number of nitrogens with one attached hydrogen (secondary N) is 1. The van der Waals surface area contributed by atoms with Crippen LogP contribution < -0.4 is 10.1 Å². The Bertz CT molecular complexity index is 581. The van der Waals surface area contributed by atoms with Crippen molar-refractivity contribution in [2.75, 3.05) is 12.4 Å². The number of methoxy groups -OCH3 is 1. The normalized spacial score (nSPS) is 10.8. The molecule has 1 heterocycles. The van der Waals surface area contributed by atoms with Gasteiger partial charge in [-0.15, -0.1) is 0 Å². The number of ether oxygens (including phenoxy) is 1. The molecule has 1 aromatic carbocycles. The molecule has 0 fully saturated rings. The molecule has 0 aliphatic heterocycles. The van der Waals surface area contributed by atoms with Gasteiger partial charge in [0.25, 0.3) is 0 Å². The van der Waals surface area contributed by atoms with Crippen molar-refractivity contribution in [2.24, 2.45) is 0 Å². The van der Waals surface area contributed by atoms with Crippen LogP contribution in [0.2, 0.25) is 0 Å². The van der Waals surface area contributed by atoms with Gasteiger partial charge in [0.2, 0.25) is 5.95 Å². The summed E-state index contributed by atoms with van der Waals surface area (Å²) in [5.41, 5.74) is 0.910. The van der Waals surface area contributed by atoms with E-state index >= 15 is 0 Å². The second kappa shape index (κ2) is 5.96. The first-order valence-electron chi connectivity index (χ1n) is 5.85. The van der Waals surface area contributed by atoms with Crippen LogP contribution in [0, 0.1) is 0 Å². The van der Waals surface area contributed by atoms with E-state index in [0.29, 0.717) is 6.04 Å². The summed E-state index contributed by atoms with van der Waals surface area (Å²) in [4.78, 5) is 4.33. The SMILES string of the molecule is COc1cc(Nc2nccn2C(C)C)c(Br)cc1Br. The average Bonchev–Trinajstić information content (AvgIpc) is 2.81. The smallest absolute Gasteiger partial charge is 0.207 e. The monoisotopic (exact) mass is 387 g/mol. The van der Waals surface area contributed by atoms with Gasteiger partial charge < -0.3 is 14.6 Å². The maximum atomic E-state index is 5.30. The molecule has 0 radical (unpaired) electrons. The van der Waals surface area contributed by atoms with Gasteiger partial charge in [-0.1, -0.05) is 0 Å². The lowest BCUT2D eigenvalue weighted by Crippen LogP contribution is -2.05. The molecule has 1 aromatic heterocycles. The molecule has 0 saturated heterocycles. The fourth-order valence-electron chi connectivity index (χ4n) is 1.73. The summed E-state index contributed by atoms with van der Waals surface area (Å²) in [5, 5.41) is 3.31. The van der Waals surface area contributed by atoms with Gasteiger partial charge >= 0.3 is 0 Å². The van der Waals surface area contributed by atoms with Crippen molar-refractivity contribution < 1.29 is 4.74 Å². The molecular weight excluding hydrogens is 374 g/mol. The molecule has 6 heteroatoms. The Balaban J connectivity index is 2.35. The number of hydrogen-bond donors (Lipinski definition) is 1. The molecule has 0 aliphatic rings. The van der Waals surface area contributed by atoms with Gasteiger partial charge in [0.05, 0.1) is 17.3 Å². The van der Waals surface area contributed by atoms with Gasteiger partial charge in [-0.25, -0.2) is 4.98 Å². The van der Waals surface area contributed by atoms with Gasteiger partial charge in [-0.05, 0) is 51.8 Å². The topological polar surface area (TPSA) is 39.1 Å².